The third-order valence-corrected chi connectivity index (χ3v) is 6.41. The second kappa shape index (κ2) is 7.01. The molecule has 4 nitrogen and oxygen atoms in total. The molecule has 2 atom stereocenters. The number of aryl methyl sites for hydroxylation is 1. The maximum atomic E-state index is 12.1. The minimum absolute atomic E-state index is 0.109. The van der Waals surface area contributed by atoms with E-state index in [0.29, 0.717) is 6.61 Å². The molecule has 2 aliphatic rings. The third kappa shape index (κ3) is 3.54. The molecule has 1 saturated heterocycles. The van der Waals surface area contributed by atoms with Gasteiger partial charge in [-0.2, -0.15) is 11.8 Å². The fourth-order valence-corrected chi connectivity index (χ4v) is 5.30. The number of carbonyl (C=O) groups is 1. The van der Waals surface area contributed by atoms with Crippen molar-refractivity contribution in [1.82, 2.24) is 4.98 Å². The molecular weight excluding hydrogens is 304 g/mol. The Hall–Kier alpha value is -0.750. The molecule has 1 aromatic rings. The van der Waals surface area contributed by atoms with Crippen LogP contribution in [0.1, 0.15) is 42.7 Å². The van der Waals surface area contributed by atoms with Crippen molar-refractivity contribution >= 4 is 34.2 Å². The van der Waals surface area contributed by atoms with Gasteiger partial charge in [-0.05, 0) is 50.0 Å². The quantitative estimate of drug-likeness (QED) is 0.842. The number of hydrogen-bond donors (Lipinski definition) is 1. The summed E-state index contributed by atoms with van der Waals surface area (Å²) in [5.41, 5.74) is 0.966. The molecule has 0 radical (unpaired) electrons. The van der Waals surface area contributed by atoms with Crippen LogP contribution in [0.2, 0.25) is 0 Å². The van der Waals surface area contributed by atoms with Crippen LogP contribution in [0.4, 0.5) is 5.13 Å². The van der Waals surface area contributed by atoms with Crippen LogP contribution in [-0.2, 0) is 16.0 Å². The molecule has 1 aliphatic heterocycles. The van der Waals surface area contributed by atoms with E-state index >= 15 is 0 Å². The van der Waals surface area contributed by atoms with Crippen molar-refractivity contribution in [2.24, 2.45) is 5.92 Å². The molecule has 1 fully saturated rings. The Bertz CT molecular complexity index is 498. The first-order chi connectivity index (χ1) is 10.3. The van der Waals surface area contributed by atoms with Gasteiger partial charge in [0.15, 0.2) is 5.13 Å². The highest BCUT2D eigenvalue weighted by Gasteiger charge is 2.31. The molecule has 0 amide bonds. The molecule has 2 heterocycles. The maximum absolute atomic E-state index is 12.1. The van der Waals surface area contributed by atoms with Gasteiger partial charge in [0.2, 0.25) is 0 Å². The van der Waals surface area contributed by atoms with E-state index in [2.05, 4.69) is 5.32 Å². The average molecular weight is 326 g/mol. The number of thioether (sulfide) groups is 1. The first-order valence-corrected chi connectivity index (χ1v) is 9.73. The smallest absolute Gasteiger partial charge is 0.315 e. The summed E-state index contributed by atoms with van der Waals surface area (Å²) in [4.78, 5) is 18.0. The second-order valence-corrected chi connectivity index (χ2v) is 7.87. The zero-order valence-corrected chi connectivity index (χ0v) is 14.0. The van der Waals surface area contributed by atoms with Crippen molar-refractivity contribution in [2.75, 3.05) is 30.0 Å². The van der Waals surface area contributed by atoms with Gasteiger partial charge in [0.25, 0.3) is 0 Å². The molecule has 116 valence electrons. The van der Waals surface area contributed by atoms with Crippen molar-refractivity contribution in [3.8, 4) is 0 Å². The van der Waals surface area contributed by atoms with Gasteiger partial charge < -0.3 is 10.1 Å². The Morgan fingerprint density at radius 1 is 1.48 bits per heavy atom. The predicted octanol–water partition coefficient (Wildman–Crippen LogP) is 3.29. The Kier molecular flexibility index (Phi) is 5.06. The number of thiazole rings is 1. The number of hydrogen-bond acceptors (Lipinski definition) is 6. The van der Waals surface area contributed by atoms with E-state index in [1.807, 2.05) is 18.7 Å². The number of aromatic nitrogens is 1. The van der Waals surface area contributed by atoms with Gasteiger partial charge in [0.05, 0.1) is 12.3 Å². The van der Waals surface area contributed by atoms with Crippen molar-refractivity contribution in [1.29, 1.82) is 0 Å². The molecule has 21 heavy (non-hydrogen) atoms. The van der Waals surface area contributed by atoms with Crippen LogP contribution < -0.4 is 5.32 Å². The number of nitrogens with zero attached hydrogens (tertiary/aromatic N) is 1. The van der Waals surface area contributed by atoms with Gasteiger partial charge in [-0.15, -0.1) is 11.3 Å². The summed E-state index contributed by atoms with van der Waals surface area (Å²) in [7, 11) is 0. The van der Waals surface area contributed by atoms with Gasteiger partial charge in [0.1, 0.15) is 5.92 Å². The highest BCUT2D eigenvalue weighted by Crippen LogP contribution is 2.37. The topological polar surface area (TPSA) is 51.2 Å². The lowest BCUT2D eigenvalue weighted by molar-refractivity contribution is -0.145. The minimum Gasteiger partial charge on any atom is -0.465 e. The van der Waals surface area contributed by atoms with Gasteiger partial charge in [-0.3, -0.25) is 4.79 Å². The van der Waals surface area contributed by atoms with Gasteiger partial charge in [-0.1, -0.05) is 0 Å². The molecule has 1 aromatic heterocycles. The molecule has 2 unspecified atom stereocenters. The van der Waals surface area contributed by atoms with Crippen molar-refractivity contribution in [2.45, 2.75) is 38.5 Å². The SMILES string of the molecule is CCOC(=O)C1CCCc2sc(NCC3CCSC3)nc21. The number of anilines is 1. The van der Waals surface area contributed by atoms with Crippen LogP contribution in [0, 0.1) is 5.92 Å². The van der Waals surface area contributed by atoms with E-state index in [9.17, 15) is 4.79 Å². The minimum atomic E-state index is -0.150. The lowest BCUT2D eigenvalue weighted by atomic mass is 9.91. The average Bonchev–Trinajstić information content (AvgIpc) is 3.13. The van der Waals surface area contributed by atoms with Crippen LogP contribution in [0.3, 0.4) is 0 Å². The number of esters is 1. The normalized spacial score (nSPS) is 24.6. The number of ether oxygens (including phenoxy) is 1. The zero-order valence-electron chi connectivity index (χ0n) is 12.4. The maximum Gasteiger partial charge on any atom is 0.315 e. The standard InChI is InChI=1S/C15H22N2O2S2/c1-2-19-14(18)11-4-3-5-12-13(11)17-15(21-12)16-8-10-6-7-20-9-10/h10-11H,2-9H2,1H3,(H,16,17). The third-order valence-electron chi connectivity index (χ3n) is 4.09. The summed E-state index contributed by atoms with van der Waals surface area (Å²) in [6.45, 7) is 3.30. The lowest BCUT2D eigenvalue weighted by Crippen LogP contribution is -2.20. The van der Waals surface area contributed by atoms with E-state index in [0.717, 1.165) is 42.6 Å². The Morgan fingerprint density at radius 2 is 2.38 bits per heavy atom. The molecule has 0 saturated carbocycles. The Morgan fingerprint density at radius 3 is 3.14 bits per heavy atom. The van der Waals surface area contributed by atoms with Gasteiger partial charge in [-0.25, -0.2) is 4.98 Å². The van der Waals surface area contributed by atoms with Crippen molar-refractivity contribution < 1.29 is 9.53 Å². The number of fused-ring (bicyclic) bond motifs is 1. The molecule has 3 rings (SSSR count). The molecule has 0 aromatic carbocycles. The van der Waals surface area contributed by atoms with Crippen LogP contribution in [0.15, 0.2) is 0 Å². The number of nitrogens with one attached hydrogen (secondary N) is 1. The fraction of sp³-hybridized carbons (Fsp3) is 0.733. The first kappa shape index (κ1) is 15.2. The highest BCUT2D eigenvalue weighted by molar-refractivity contribution is 7.99. The van der Waals surface area contributed by atoms with E-state index in [4.69, 9.17) is 9.72 Å². The fourth-order valence-electron chi connectivity index (χ4n) is 2.94. The summed E-state index contributed by atoms with van der Waals surface area (Å²) >= 11 is 3.76. The Balaban J connectivity index is 1.66. The van der Waals surface area contributed by atoms with Crippen LogP contribution in [0.5, 0.6) is 0 Å². The van der Waals surface area contributed by atoms with Crippen LogP contribution in [0.25, 0.3) is 0 Å². The van der Waals surface area contributed by atoms with Crippen molar-refractivity contribution in [3.05, 3.63) is 10.6 Å². The highest BCUT2D eigenvalue weighted by atomic mass is 32.2. The summed E-state index contributed by atoms with van der Waals surface area (Å²) < 4.78 is 5.19. The van der Waals surface area contributed by atoms with Crippen LogP contribution >= 0.6 is 23.1 Å². The molecular formula is C15H22N2O2S2. The summed E-state index contributed by atoms with van der Waals surface area (Å²) in [6, 6.07) is 0. The first-order valence-electron chi connectivity index (χ1n) is 7.75. The summed E-state index contributed by atoms with van der Waals surface area (Å²) in [5, 5.41) is 4.46. The van der Waals surface area contributed by atoms with Gasteiger partial charge >= 0.3 is 5.97 Å². The monoisotopic (exact) mass is 326 g/mol. The molecule has 0 bridgehead atoms. The molecule has 1 N–H and O–H groups in total. The van der Waals surface area contributed by atoms with E-state index < -0.39 is 0 Å². The van der Waals surface area contributed by atoms with E-state index in [-0.39, 0.29) is 11.9 Å². The zero-order chi connectivity index (χ0) is 14.7. The predicted molar refractivity (Wildman–Crippen MR) is 88.3 cm³/mol. The number of rotatable bonds is 5. The van der Waals surface area contributed by atoms with Crippen molar-refractivity contribution in [3.63, 3.8) is 0 Å². The molecule has 0 spiro atoms. The lowest BCUT2D eigenvalue weighted by Gasteiger charge is -2.19. The second-order valence-electron chi connectivity index (χ2n) is 5.63. The van der Waals surface area contributed by atoms with E-state index in [1.165, 1.54) is 22.8 Å². The summed E-state index contributed by atoms with van der Waals surface area (Å²) in [6.07, 6.45) is 4.27. The van der Waals surface area contributed by atoms with Crippen LogP contribution in [-0.4, -0.2) is 35.6 Å². The Labute approximate surface area is 134 Å². The number of carbonyl (C=O) groups excluding carboxylic acids is 1. The van der Waals surface area contributed by atoms with Gasteiger partial charge in [0, 0.05) is 11.4 Å². The largest absolute Gasteiger partial charge is 0.465 e. The summed E-state index contributed by atoms with van der Waals surface area (Å²) in [5.74, 6) is 3.04. The van der Waals surface area contributed by atoms with E-state index in [1.54, 1.807) is 11.3 Å². The molecule has 6 heteroatoms. The molecule has 1 aliphatic carbocycles.